The van der Waals surface area contributed by atoms with Gasteiger partial charge in [-0.05, 0) is 54.0 Å². The Labute approximate surface area is 227 Å². The maximum Gasteiger partial charge on any atom is 0.455 e. The summed E-state index contributed by atoms with van der Waals surface area (Å²) in [5, 5.41) is 19.2. The standard InChI is InChI=1S/C27H20F6O8/c1-41-23(38)11-6-16(19(34)7-2-14-4-9-21(36)17(12-14)24(39)26(28,29)30)20(35)8-3-15-5-10-22(37)18(13-15)25(40)27(31,32)33/h2-5,7-10,12-13,16,36-37H,6,11H2,1H3/b7-2+,8-3+. The molecule has 2 N–H and O–H groups in total. The molecule has 2 aromatic rings. The van der Waals surface area contributed by atoms with Gasteiger partial charge in [0.2, 0.25) is 0 Å². The zero-order valence-corrected chi connectivity index (χ0v) is 20.9. The van der Waals surface area contributed by atoms with Crippen LogP contribution in [0.1, 0.15) is 44.7 Å². The molecule has 0 aliphatic heterocycles. The molecule has 0 atom stereocenters. The van der Waals surface area contributed by atoms with Gasteiger partial charge in [0, 0.05) is 6.42 Å². The van der Waals surface area contributed by atoms with Crippen molar-refractivity contribution >= 4 is 41.3 Å². The minimum atomic E-state index is -5.29. The summed E-state index contributed by atoms with van der Waals surface area (Å²) in [5.74, 6) is -10.8. The number of allylic oxidation sites excluding steroid dienone is 2. The second-order valence-corrected chi connectivity index (χ2v) is 8.35. The fourth-order valence-electron chi connectivity index (χ4n) is 3.36. The van der Waals surface area contributed by atoms with Crippen molar-refractivity contribution in [3.8, 4) is 11.5 Å². The summed E-state index contributed by atoms with van der Waals surface area (Å²) in [7, 11) is 1.05. The Bertz CT molecular complexity index is 1320. The number of carbonyl (C=O) groups is 5. The van der Waals surface area contributed by atoms with Crippen molar-refractivity contribution in [2.24, 2.45) is 5.92 Å². The largest absolute Gasteiger partial charge is 0.507 e. The summed E-state index contributed by atoms with van der Waals surface area (Å²) < 4.78 is 81.1. The van der Waals surface area contributed by atoms with Crippen LogP contribution in [-0.4, -0.2) is 58.8 Å². The third kappa shape index (κ3) is 8.88. The normalized spacial score (nSPS) is 12.2. The lowest BCUT2D eigenvalue weighted by atomic mass is 9.92. The SMILES string of the molecule is COC(=O)CCC(C(=O)/C=C/c1ccc(O)c(C(=O)C(F)(F)F)c1)C(=O)/C=C/c1ccc(O)c(C(=O)C(F)(F)F)c1. The number of Topliss-reactive ketones (excluding diaryl/α,β-unsaturated/α-hetero) is 2. The van der Waals surface area contributed by atoms with Gasteiger partial charge in [-0.3, -0.25) is 24.0 Å². The highest BCUT2D eigenvalue weighted by atomic mass is 19.4. The first-order valence-electron chi connectivity index (χ1n) is 11.4. The number of methoxy groups -OCH3 is 1. The first kappa shape index (κ1) is 32.5. The number of ketones is 4. The molecule has 2 rings (SSSR count). The maximum absolute atomic E-state index is 12.8. The second kappa shape index (κ2) is 13.1. The molecule has 0 aliphatic carbocycles. The van der Waals surface area contributed by atoms with E-state index < -0.39 is 76.4 Å². The Kier molecular flexibility index (Phi) is 10.3. The molecule has 0 aromatic heterocycles. The average molecular weight is 586 g/mol. The van der Waals surface area contributed by atoms with Gasteiger partial charge >= 0.3 is 18.3 Å². The van der Waals surface area contributed by atoms with Crippen LogP contribution in [0.4, 0.5) is 26.3 Å². The number of hydrogen-bond acceptors (Lipinski definition) is 8. The summed E-state index contributed by atoms with van der Waals surface area (Å²) in [6, 6.07) is 5.10. The van der Waals surface area contributed by atoms with Crippen LogP contribution in [0.2, 0.25) is 0 Å². The van der Waals surface area contributed by atoms with Gasteiger partial charge < -0.3 is 14.9 Å². The molecule has 0 unspecified atom stereocenters. The number of phenolic OH excluding ortho intramolecular Hbond substituents is 2. The Morgan fingerprint density at radius 3 is 1.49 bits per heavy atom. The summed E-state index contributed by atoms with van der Waals surface area (Å²) in [5.41, 5.74) is -2.40. The van der Waals surface area contributed by atoms with Gasteiger partial charge in [0.05, 0.1) is 24.2 Å². The molecular formula is C27H20F6O8. The Morgan fingerprint density at radius 1 is 0.756 bits per heavy atom. The summed E-state index contributed by atoms with van der Waals surface area (Å²) in [6.45, 7) is 0. The van der Waals surface area contributed by atoms with Crippen molar-refractivity contribution in [2.75, 3.05) is 7.11 Å². The van der Waals surface area contributed by atoms with Gasteiger partial charge in [0.15, 0.2) is 11.6 Å². The molecule has 0 amide bonds. The van der Waals surface area contributed by atoms with E-state index in [4.69, 9.17) is 0 Å². The zero-order valence-electron chi connectivity index (χ0n) is 20.9. The Hall–Kier alpha value is -4.75. The van der Waals surface area contributed by atoms with E-state index in [9.17, 15) is 60.5 Å². The molecule has 0 radical (unpaired) electrons. The van der Waals surface area contributed by atoms with E-state index in [1.165, 1.54) is 0 Å². The van der Waals surface area contributed by atoms with Crippen LogP contribution in [0.3, 0.4) is 0 Å². The van der Waals surface area contributed by atoms with Crippen LogP contribution in [0, 0.1) is 5.92 Å². The molecule has 0 saturated heterocycles. The number of rotatable bonds is 11. The molecule has 0 saturated carbocycles. The van der Waals surface area contributed by atoms with Gasteiger partial charge in [-0.1, -0.05) is 24.3 Å². The molecule has 8 nitrogen and oxygen atoms in total. The monoisotopic (exact) mass is 586 g/mol. The fourth-order valence-corrected chi connectivity index (χ4v) is 3.36. The molecule has 0 fully saturated rings. The van der Waals surface area contributed by atoms with Gasteiger partial charge in [0.25, 0.3) is 11.6 Å². The van der Waals surface area contributed by atoms with Gasteiger partial charge in [0.1, 0.15) is 11.5 Å². The van der Waals surface area contributed by atoms with E-state index in [1.807, 2.05) is 0 Å². The number of hydrogen-bond donors (Lipinski definition) is 2. The molecule has 218 valence electrons. The van der Waals surface area contributed by atoms with Crippen LogP contribution < -0.4 is 0 Å². The van der Waals surface area contributed by atoms with Crippen molar-refractivity contribution < 1.29 is 65.3 Å². The van der Waals surface area contributed by atoms with Crippen LogP contribution in [0.5, 0.6) is 11.5 Å². The maximum atomic E-state index is 12.8. The van der Waals surface area contributed by atoms with Gasteiger partial charge in [-0.2, -0.15) is 26.3 Å². The topological polar surface area (TPSA) is 135 Å². The molecular weight excluding hydrogens is 566 g/mol. The number of benzene rings is 2. The van der Waals surface area contributed by atoms with E-state index in [1.54, 1.807) is 0 Å². The van der Waals surface area contributed by atoms with Crippen molar-refractivity contribution in [3.05, 3.63) is 70.8 Å². The molecule has 14 heteroatoms. The number of aromatic hydroxyl groups is 2. The molecule has 0 heterocycles. The first-order valence-corrected chi connectivity index (χ1v) is 11.4. The lowest BCUT2D eigenvalue weighted by molar-refractivity contribution is -0.141. The van der Waals surface area contributed by atoms with Crippen molar-refractivity contribution in [2.45, 2.75) is 25.2 Å². The minimum Gasteiger partial charge on any atom is -0.507 e. The summed E-state index contributed by atoms with van der Waals surface area (Å²) in [6.07, 6.45) is -7.85. The second-order valence-electron chi connectivity index (χ2n) is 8.35. The molecule has 0 bridgehead atoms. The number of esters is 1. The summed E-state index contributed by atoms with van der Waals surface area (Å²) in [4.78, 5) is 60.2. The molecule has 41 heavy (non-hydrogen) atoms. The smallest absolute Gasteiger partial charge is 0.455 e. The van der Waals surface area contributed by atoms with Crippen LogP contribution >= 0.6 is 0 Å². The third-order valence-corrected chi connectivity index (χ3v) is 5.48. The van der Waals surface area contributed by atoms with Gasteiger partial charge in [-0.25, -0.2) is 0 Å². The molecule has 0 aliphatic rings. The zero-order chi connectivity index (χ0) is 31.1. The fraction of sp³-hybridized carbons (Fsp3) is 0.222. The van der Waals surface area contributed by atoms with Crippen LogP contribution in [0.25, 0.3) is 12.2 Å². The average Bonchev–Trinajstić information content (AvgIpc) is 2.90. The van der Waals surface area contributed by atoms with Crippen LogP contribution in [0.15, 0.2) is 48.6 Å². The number of alkyl halides is 6. The van der Waals surface area contributed by atoms with E-state index in [2.05, 4.69) is 4.74 Å². The van der Waals surface area contributed by atoms with E-state index >= 15 is 0 Å². The minimum absolute atomic E-state index is 0.121. The number of carbonyl (C=O) groups excluding carboxylic acids is 5. The predicted octanol–water partition coefficient (Wildman–Crippen LogP) is 5.02. The van der Waals surface area contributed by atoms with Crippen LogP contribution in [-0.2, 0) is 19.1 Å². The highest BCUT2D eigenvalue weighted by Gasteiger charge is 2.41. The van der Waals surface area contributed by atoms with Crippen molar-refractivity contribution in [1.29, 1.82) is 0 Å². The Balaban J connectivity index is 2.34. The predicted molar refractivity (Wildman–Crippen MR) is 130 cm³/mol. The highest BCUT2D eigenvalue weighted by Crippen LogP contribution is 2.29. The lowest BCUT2D eigenvalue weighted by Gasteiger charge is -2.11. The Morgan fingerprint density at radius 2 is 1.15 bits per heavy atom. The molecule has 2 aromatic carbocycles. The quantitative estimate of drug-likeness (QED) is 0.123. The van der Waals surface area contributed by atoms with Crippen molar-refractivity contribution in [3.63, 3.8) is 0 Å². The highest BCUT2D eigenvalue weighted by molar-refractivity contribution is 6.14. The number of phenols is 2. The number of ether oxygens (including phenoxy) is 1. The first-order chi connectivity index (χ1) is 18.9. The van der Waals surface area contributed by atoms with E-state index in [0.717, 1.165) is 55.7 Å². The lowest BCUT2D eigenvalue weighted by Crippen LogP contribution is -2.23. The van der Waals surface area contributed by atoms with Gasteiger partial charge in [-0.15, -0.1) is 0 Å². The third-order valence-electron chi connectivity index (χ3n) is 5.48. The summed E-state index contributed by atoms with van der Waals surface area (Å²) >= 11 is 0. The van der Waals surface area contributed by atoms with Crippen molar-refractivity contribution in [1.82, 2.24) is 0 Å². The van der Waals surface area contributed by atoms with E-state index in [-0.39, 0.29) is 17.5 Å². The van der Waals surface area contributed by atoms with E-state index in [0.29, 0.717) is 12.1 Å². The molecule has 0 spiro atoms. The number of halogens is 6.